The molecule has 0 atom stereocenters. The molecule has 0 saturated carbocycles. The van der Waals surface area contributed by atoms with E-state index in [1.165, 1.54) is 25.1 Å². The van der Waals surface area contributed by atoms with Crippen LogP contribution in [-0.2, 0) is 4.79 Å². The molecule has 118 valence electrons. The van der Waals surface area contributed by atoms with Gasteiger partial charge in [0.15, 0.2) is 0 Å². The number of hydrogen-bond acceptors (Lipinski definition) is 3. The van der Waals surface area contributed by atoms with Crippen molar-refractivity contribution in [3.05, 3.63) is 65.5 Å². The molecular formula is C17H16FN3O2. The van der Waals surface area contributed by atoms with Gasteiger partial charge in [-0.1, -0.05) is 24.3 Å². The van der Waals surface area contributed by atoms with Gasteiger partial charge in [0.2, 0.25) is 5.91 Å². The van der Waals surface area contributed by atoms with Crippen molar-refractivity contribution in [2.75, 3.05) is 5.32 Å². The summed E-state index contributed by atoms with van der Waals surface area (Å²) in [5, 5.41) is 6.64. The van der Waals surface area contributed by atoms with E-state index in [1.807, 2.05) is 0 Å². The Bertz CT molecular complexity index is 772. The van der Waals surface area contributed by atoms with Gasteiger partial charge in [-0.05, 0) is 36.8 Å². The molecule has 2 N–H and O–H groups in total. The predicted octanol–water partition coefficient (Wildman–Crippen LogP) is 2.94. The van der Waals surface area contributed by atoms with Gasteiger partial charge in [-0.25, -0.2) is 9.82 Å². The van der Waals surface area contributed by atoms with E-state index in [0.29, 0.717) is 11.4 Å². The van der Waals surface area contributed by atoms with Gasteiger partial charge in [0, 0.05) is 12.6 Å². The van der Waals surface area contributed by atoms with Gasteiger partial charge in [0.1, 0.15) is 5.82 Å². The minimum absolute atomic E-state index is 0.0731. The standard InChI is InChI=1S/C17H16FN3O2/c1-11(13-6-5-7-14(10-13)19-12(2)22)20-21-17(23)15-8-3-4-9-16(15)18/h3-10H,1-2H3,(H,19,22)(H,21,23)/b20-11-. The van der Waals surface area contributed by atoms with Crippen LogP contribution in [0.25, 0.3) is 0 Å². The zero-order valence-electron chi connectivity index (χ0n) is 12.8. The Balaban J connectivity index is 2.12. The van der Waals surface area contributed by atoms with Crippen molar-refractivity contribution < 1.29 is 14.0 Å². The second kappa shape index (κ2) is 7.31. The summed E-state index contributed by atoms with van der Waals surface area (Å²) < 4.78 is 13.5. The number of amides is 2. The van der Waals surface area contributed by atoms with Gasteiger partial charge < -0.3 is 5.32 Å². The molecule has 0 aliphatic rings. The molecule has 0 radical (unpaired) electrons. The molecule has 0 bridgehead atoms. The summed E-state index contributed by atoms with van der Waals surface area (Å²) in [5.41, 5.74) is 4.13. The van der Waals surface area contributed by atoms with Gasteiger partial charge in [0.05, 0.1) is 11.3 Å². The first-order chi connectivity index (χ1) is 11.0. The maximum absolute atomic E-state index is 13.5. The summed E-state index contributed by atoms with van der Waals surface area (Å²) in [5.74, 6) is -1.41. The maximum atomic E-state index is 13.5. The third kappa shape index (κ3) is 4.47. The SMILES string of the molecule is CC(=O)Nc1cccc(/C(C)=N\NC(=O)c2ccccc2F)c1. The van der Waals surface area contributed by atoms with Crippen LogP contribution in [0.3, 0.4) is 0 Å². The normalized spacial score (nSPS) is 11.0. The number of nitrogens with zero attached hydrogens (tertiary/aromatic N) is 1. The Labute approximate surface area is 133 Å². The summed E-state index contributed by atoms with van der Waals surface area (Å²) in [4.78, 5) is 23.0. The van der Waals surface area contributed by atoms with Gasteiger partial charge in [0.25, 0.3) is 5.91 Å². The van der Waals surface area contributed by atoms with Crippen LogP contribution in [0.5, 0.6) is 0 Å². The van der Waals surface area contributed by atoms with Gasteiger partial charge in [-0.2, -0.15) is 5.10 Å². The zero-order chi connectivity index (χ0) is 16.8. The lowest BCUT2D eigenvalue weighted by atomic mass is 10.1. The highest BCUT2D eigenvalue weighted by molar-refractivity contribution is 6.02. The summed E-state index contributed by atoms with van der Waals surface area (Å²) in [6.07, 6.45) is 0. The fourth-order valence-electron chi connectivity index (χ4n) is 1.93. The first-order valence-corrected chi connectivity index (χ1v) is 6.94. The van der Waals surface area contributed by atoms with E-state index in [2.05, 4.69) is 15.8 Å². The molecule has 6 heteroatoms. The topological polar surface area (TPSA) is 70.6 Å². The molecule has 2 rings (SSSR count). The number of benzene rings is 2. The van der Waals surface area contributed by atoms with E-state index in [9.17, 15) is 14.0 Å². The Morgan fingerprint density at radius 2 is 1.78 bits per heavy atom. The molecule has 5 nitrogen and oxygen atoms in total. The van der Waals surface area contributed by atoms with Gasteiger partial charge in [-0.3, -0.25) is 9.59 Å². The number of nitrogens with one attached hydrogen (secondary N) is 2. The highest BCUT2D eigenvalue weighted by Crippen LogP contribution is 2.11. The summed E-state index contributed by atoms with van der Waals surface area (Å²) in [6.45, 7) is 3.12. The van der Waals surface area contributed by atoms with E-state index in [1.54, 1.807) is 37.3 Å². The molecule has 0 spiro atoms. The van der Waals surface area contributed by atoms with E-state index in [4.69, 9.17) is 0 Å². The number of carbonyl (C=O) groups excluding carboxylic acids is 2. The zero-order valence-corrected chi connectivity index (χ0v) is 12.8. The molecule has 0 fully saturated rings. The van der Waals surface area contributed by atoms with E-state index in [0.717, 1.165) is 5.56 Å². The smallest absolute Gasteiger partial charge is 0.274 e. The first kappa shape index (κ1) is 16.4. The first-order valence-electron chi connectivity index (χ1n) is 6.94. The van der Waals surface area contributed by atoms with Gasteiger partial charge in [-0.15, -0.1) is 0 Å². The predicted molar refractivity (Wildman–Crippen MR) is 86.8 cm³/mol. The number of rotatable bonds is 4. The average molecular weight is 313 g/mol. The Kier molecular flexibility index (Phi) is 5.19. The quantitative estimate of drug-likeness (QED) is 0.673. The molecule has 2 aromatic carbocycles. The molecule has 23 heavy (non-hydrogen) atoms. The fraction of sp³-hybridized carbons (Fsp3) is 0.118. The van der Waals surface area contributed by atoms with E-state index in [-0.39, 0.29) is 11.5 Å². The van der Waals surface area contributed by atoms with Crippen LogP contribution in [0.2, 0.25) is 0 Å². The molecule has 2 aromatic rings. The largest absolute Gasteiger partial charge is 0.326 e. The van der Waals surface area contributed by atoms with E-state index >= 15 is 0 Å². The Morgan fingerprint density at radius 1 is 1.04 bits per heavy atom. The third-order valence-corrected chi connectivity index (χ3v) is 3.04. The molecule has 0 saturated heterocycles. The molecule has 0 aliphatic heterocycles. The van der Waals surface area contributed by atoms with Crippen molar-refractivity contribution in [2.24, 2.45) is 5.10 Å². The van der Waals surface area contributed by atoms with Crippen LogP contribution in [0.4, 0.5) is 10.1 Å². The molecule has 0 heterocycles. The number of hydrazone groups is 1. The average Bonchev–Trinajstić information content (AvgIpc) is 2.52. The van der Waals surface area contributed by atoms with E-state index < -0.39 is 11.7 Å². The Hall–Kier alpha value is -3.02. The summed E-state index contributed by atoms with van der Waals surface area (Å²) >= 11 is 0. The second-order valence-corrected chi connectivity index (χ2v) is 4.88. The second-order valence-electron chi connectivity index (χ2n) is 4.88. The fourth-order valence-corrected chi connectivity index (χ4v) is 1.93. The van der Waals surface area contributed by atoms with Crippen molar-refractivity contribution >= 4 is 23.2 Å². The monoisotopic (exact) mass is 313 g/mol. The lowest BCUT2D eigenvalue weighted by Gasteiger charge is -2.06. The molecule has 2 amide bonds. The number of hydrogen-bond donors (Lipinski definition) is 2. The van der Waals surface area contributed by atoms with Crippen LogP contribution in [-0.4, -0.2) is 17.5 Å². The lowest BCUT2D eigenvalue weighted by Crippen LogP contribution is -2.20. The minimum atomic E-state index is -0.625. The van der Waals surface area contributed by atoms with Crippen LogP contribution in [0.1, 0.15) is 29.8 Å². The summed E-state index contributed by atoms with van der Waals surface area (Å²) in [6, 6.07) is 12.7. The lowest BCUT2D eigenvalue weighted by molar-refractivity contribution is -0.114. The third-order valence-electron chi connectivity index (χ3n) is 3.04. The van der Waals surface area contributed by atoms with Crippen LogP contribution in [0.15, 0.2) is 53.6 Å². The van der Waals surface area contributed by atoms with Crippen LogP contribution >= 0.6 is 0 Å². The maximum Gasteiger partial charge on any atom is 0.274 e. The molecule has 0 aromatic heterocycles. The Morgan fingerprint density at radius 3 is 2.48 bits per heavy atom. The van der Waals surface area contributed by atoms with Crippen molar-refractivity contribution in [3.63, 3.8) is 0 Å². The highest BCUT2D eigenvalue weighted by atomic mass is 19.1. The molecular weight excluding hydrogens is 297 g/mol. The van der Waals surface area contributed by atoms with Crippen molar-refractivity contribution in [1.29, 1.82) is 0 Å². The van der Waals surface area contributed by atoms with Crippen molar-refractivity contribution in [2.45, 2.75) is 13.8 Å². The van der Waals surface area contributed by atoms with Crippen molar-refractivity contribution in [3.8, 4) is 0 Å². The number of carbonyl (C=O) groups is 2. The number of halogens is 1. The van der Waals surface area contributed by atoms with Crippen LogP contribution < -0.4 is 10.7 Å². The highest BCUT2D eigenvalue weighted by Gasteiger charge is 2.10. The molecule has 0 unspecified atom stereocenters. The summed E-state index contributed by atoms with van der Waals surface area (Å²) in [7, 11) is 0. The van der Waals surface area contributed by atoms with Gasteiger partial charge >= 0.3 is 0 Å². The van der Waals surface area contributed by atoms with Crippen molar-refractivity contribution in [1.82, 2.24) is 5.43 Å². The van der Waals surface area contributed by atoms with Crippen LogP contribution in [0, 0.1) is 5.82 Å². The molecule has 0 aliphatic carbocycles. The minimum Gasteiger partial charge on any atom is -0.326 e. The number of anilines is 1.